The zero-order valence-corrected chi connectivity index (χ0v) is 10.8. The van der Waals surface area contributed by atoms with Gasteiger partial charge in [0.05, 0.1) is 0 Å². The van der Waals surface area contributed by atoms with Gasteiger partial charge in [-0.2, -0.15) is 0 Å². The van der Waals surface area contributed by atoms with E-state index in [0.717, 1.165) is 24.1 Å². The smallest absolute Gasteiger partial charge is 0.249 e. The van der Waals surface area contributed by atoms with Crippen LogP contribution in [0.4, 0.5) is 5.69 Å². The molecule has 4 heteroatoms. The molecule has 0 saturated heterocycles. The SMILES string of the molecule is CCOCC(=O)N(Cc1ccccc1N)C1CC1. The van der Waals surface area contributed by atoms with Gasteiger partial charge in [-0.3, -0.25) is 4.79 Å². The van der Waals surface area contributed by atoms with E-state index >= 15 is 0 Å². The molecule has 2 rings (SSSR count). The predicted octanol–water partition coefficient (Wildman–Crippen LogP) is 1.80. The summed E-state index contributed by atoms with van der Waals surface area (Å²) < 4.78 is 5.20. The highest BCUT2D eigenvalue weighted by atomic mass is 16.5. The first-order chi connectivity index (χ1) is 8.72. The zero-order chi connectivity index (χ0) is 13.0. The molecule has 2 N–H and O–H groups in total. The molecular weight excluding hydrogens is 228 g/mol. The van der Waals surface area contributed by atoms with Crippen LogP contribution in [-0.4, -0.2) is 30.1 Å². The van der Waals surface area contributed by atoms with E-state index in [4.69, 9.17) is 10.5 Å². The first kappa shape index (κ1) is 12.9. The Hall–Kier alpha value is -1.55. The second-order valence-electron chi connectivity index (χ2n) is 4.59. The molecule has 0 bridgehead atoms. The Labute approximate surface area is 108 Å². The summed E-state index contributed by atoms with van der Waals surface area (Å²) in [6, 6.07) is 8.07. The van der Waals surface area contributed by atoms with Gasteiger partial charge in [0.25, 0.3) is 0 Å². The van der Waals surface area contributed by atoms with E-state index in [2.05, 4.69) is 0 Å². The summed E-state index contributed by atoms with van der Waals surface area (Å²) in [7, 11) is 0. The Morgan fingerprint density at radius 2 is 2.17 bits per heavy atom. The third kappa shape index (κ3) is 3.23. The fourth-order valence-corrected chi connectivity index (χ4v) is 1.94. The van der Waals surface area contributed by atoms with Crippen LogP contribution in [0.3, 0.4) is 0 Å². The van der Waals surface area contributed by atoms with Crippen LogP contribution in [0, 0.1) is 0 Å². The van der Waals surface area contributed by atoms with Crippen molar-refractivity contribution in [2.24, 2.45) is 0 Å². The molecule has 0 radical (unpaired) electrons. The molecular formula is C14H20N2O2. The van der Waals surface area contributed by atoms with Gasteiger partial charge in [0, 0.05) is 24.9 Å². The van der Waals surface area contributed by atoms with Crippen LogP contribution in [0.1, 0.15) is 25.3 Å². The van der Waals surface area contributed by atoms with Crippen LogP contribution in [0.2, 0.25) is 0 Å². The molecule has 0 heterocycles. The number of nitrogen functional groups attached to an aromatic ring is 1. The quantitative estimate of drug-likeness (QED) is 0.781. The molecule has 4 nitrogen and oxygen atoms in total. The number of ether oxygens (including phenoxy) is 1. The van der Waals surface area contributed by atoms with Crippen LogP contribution in [0.5, 0.6) is 0 Å². The van der Waals surface area contributed by atoms with Crippen molar-refractivity contribution < 1.29 is 9.53 Å². The predicted molar refractivity (Wildman–Crippen MR) is 70.9 cm³/mol. The second kappa shape index (κ2) is 5.87. The highest BCUT2D eigenvalue weighted by Crippen LogP contribution is 2.29. The minimum Gasteiger partial charge on any atom is -0.398 e. The number of para-hydroxylation sites is 1. The summed E-state index contributed by atoms with van der Waals surface area (Å²) in [5.41, 5.74) is 7.67. The molecule has 1 aromatic carbocycles. The van der Waals surface area contributed by atoms with Crippen LogP contribution < -0.4 is 5.73 Å². The maximum absolute atomic E-state index is 12.1. The standard InChI is InChI=1S/C14H20N2O2/c1-2-18-10-14(17)16(12-7-8-12)9-11-5-3-4-6-13(11)15/h3-6,12H,2,7-10,15H2,1H3. The van der Waals surface area contributed by atoms with Crippen LogP contribution in [-0.2, 0) is 16.1 Å². The minimum absolute atomic E-state index is 0.0580. The highest BCUT2D eigenvalue weighted by Gasteiger charge is 2.32. The molecule has 0 aromatic heterocycles. The first-order valence-corrected chi connectivity index (χ1v) is 6.43. The van der Waals surface area contributed by atoms with Gasteiger partial charge < -0.3 is 15.4 Å². The Balaban J connectivity index is 2.02. The molecule has 98 valence electrons. The number of rotatable bonds is 6. The van der Waals surface area contributed by atoms with E-state index in [9.17, 15) is 4.79 Å². The molecule has 18 heavy (non-hydrogen) atoms. The van der Waals surface area contributed by atoms with Crippen molar-refractivity contribution in [3.05, 3.63) is 29.8 Å². The van der Waals surface area contributed by atoms with Crippen molar-refractivity contribution in [3.8, 4) is 0 Å². The number of carbonyl (C=O) groups excluding carboxylic acids is 1. The lowest BCUT2D eigenvalue weighted by atomic mass is 10.1. The lowest BCUT2D eigenvalue weighted by Crippen LogP contribution is -2.35. The number of carbonyl (C=O) groups is 1. The Morgan fingerprint density at radius 3 is 2.78 bits per heavy atom. The van der Waals surface area contributed by atoms with E-state index in [1.54, 1.807) is 0 Å². The number of nitrogens with zero attached hydrogens (tertiary/aromatic N) is 1. The maximum Gasteiger partial charge on any atom is 0.249 e. The Kier molecular flexibility index (Phi) is 4.20. The third-order valence-corrected chi connectivity index (χ3v) is 3.13. The summed E-state index contributed by atoms with van der Waals surface area (Å²) in [4.78, 5) is 13.9. The average Bonchev–Trinajstić information content (AvgIpc) is 3.19. The molecule has 1 aliphatic rings. The highest BCUT2D eigenvalue weighted by molar-refractivity contribution is 5.78. The van der Waals surface area contributed by atoms with Gasteiger partial charge in [-0.25, -0.2) is 0 Å². The Morgan fingerprint density at radius 1 is 1.44 bits per heavy atom. The van der Waals surface area contributed by atoms with Gasteiger partial charge in [0.2, 0.25) is 5.91 Å². The average molecular weight is 248 g/mol. The molecule has 1 aromatic rings. The number of hydrogen-bond donors (Lipinski definition) is 1. The molecule has 0 atom stereocenters. The molecule has 1 fully saturated rings. The lowest BCUT2D eigenvalue weighted by molar-refractivity contribution is -0.137. The van der Waals surface area contributed by atoms with Gasteiger partial charge >= 0.3 is 0 Å². The van der Waals surface area contributed by atoms with Crippen molar-refractivity contribution in [2.45, 2.75) is 32.4 Å². The Bertz CT molecular complexity index is 416. The molecule has 0 aliphatic heterocycles. The summed E-state index contributed by atoms with van der Waals surface area (Å²) >= 11 is 0. The van der Waals surface area contributed by atoms with E-state index < -0.39 is 0 Å². The van der Waals surface area contributed by atoms with E-state index in [0.29, 0.717) is 19.2 Å². The maximum atomic E-state index is 12.1. The summed E-state index contributed by atoms with van der Waals surface area (Å²) in [5.74, 6) is 0.0580. The molecule has 1 amide bonds. The van der Waals surface area contributed by atoms with Gasteiger partial charge in [0.15, 0.2) is 0 Å². The number of hydrogen-bond acceptors (Lipinski definition) is 3. The van der Waals surface area contributed by atoms with Gasteiger partial charge in [-0.05, 0) is 31.4 Å². The van der Waals surface area contributed by atoms with E-state index in [-0.39, 0.29) is 12.5 Å². The first-order valence-electron chi connectivity index (χ1n) is 6.43. The normalized spacial score (nSPS) is 14.5. The fraction of sp³-hybridized carbons (Fsp3) is 0.500. The molecule has 1 aliphatic carbocycles. The van der Waals surface area contributed by atoms with Crippen LogP contribution in [0.25, 0.3) is 0 Å². The summed E-state index contributed by atoms with van der Waals surface area (Å²) in [6.45, 7) is 3.21. The van der Waals surface area contributed by atoms with Crippen LogP contribution >= 0.6 is 0 Å². The summed E-state index contributed by atoms with van der Waals surface area (Å²) in [6.07, 6.45) is 2.18. The molecule has 0 spiro atoms. The van der Waals surface area contributed by atoms with Crippen molar-refractivity contribution in [1.29, 1.82) is 0 Å². The second-order valence-corrected chi connectivity index (χ2v) is 4.59. The topological polar surface area (TPSA) is 55.6 Å². The third-order valence-electron chi connectivity index (χ3n) is 3.13. The number of amides is 1. The van der Waals surface area contributed by atoms with Gasteiger partial charge in [-0.15, -0.1) is 0 Å². The van der Waals surface area contributed by atoms with Crippen molar-refractivity contribution in [3.63, 3.8) is 0 Å². The van der Waals surface area contributed by atoms with Gasteiger partial charge in [-0.1, -0.05) is 18.2 Å². The number of benzene rings is 1. The lowest BCUT2D eigenvalue weighted by Gasteiger charge is -2.23. The number of anilines is 1. The van der Waals surface area contributed by atoms with Crippen LogP contribution in [0.15, 0.2) is 24.3 Å². The van der Waals surface area contributed by atoms with E-state index in [1.165, 1.54) is 0 Å². The summed E-state index contributed by atoms with van der Waals surface area (Å²) in [5, 5.41) is 0. The monoisotopic (exact) mass is 248 g/mol. The van der Waals surface area contributed by atoms with Gasteiger partial charge in [0.1, 0.15) is 6.61 Å². The molecule has 0 unspecified atom stereocenters. The number of nitrogens with two attached hydrogens (primary N) is 1. The fourth-order valence-electron chi connectivity index (χ4n) is 1.94. The molecule has 1 saturated carbocycles. The van der Waals surface area contributed by atoms with Crippen molar-refractivity contribution in [2.75, 3.05) is 18.9 Å². The zero-order valence-electron chi connectivity index (χ0n) is 10.8. The minimum atomic E-state index is 0.0580. The van der Waals surface area contributed by atoms with Crippen molar-refractivity contribution >= 4 is 11.6 Å². The largest absolute Gasteiger partial charge is 0.398 e. The van der Waals surface area contributed by atoms with Crippen molar-refractivity contribution in [1.82, 2.24) is 4.90 Å². The van der Waals surface area contributed by atoms with E-state index in [1.807, 2.05) is 36.1 Å².